The van der Waals surface area contributed by atoms with Crippen LogP contribution in [0.15, 0.2) is 10.9 Å². The van der Waals surface area contributed by atoms with Crippen LogP contribution in [0, 0.1) is 0 Å². The van der Waals surface area contributed by atoms with Crippen molar-refractivity contribution in [1.82, 2.24) is 9.88 Å². The molecule has 15 heavy (non-hydrogen) atoms. The van der Waals surface area contributed by atoms with Gasteiger partial charge in [-0.3, -0.25) is 4.79 Å². The van der Waals surface area contributed by atoms with E-state index in [0.29, 0.717) is 5.75 Å². The van der Waals surface area contributed by atoms with Crippen molar-refractivity contribution in [3.8, 4) is 5.75 Å². The van der Waals surface area contributed by atoms with Gasteiger partial charge >= 0.3 is 0 Å². The second kappa shape index (κ2) is 4.24. The molecule has 84 valence electrons. The third kappa shape index (κ3) is 1.75. The molecule has 1 aromatic heterocycles. The number of fused-ring (bicyclic) bond motifs is 1. The van der Waals surface area contributed by atoms with Crippen LogP contribution in [0.3, 0.4) is 0 Å². The Morgan fingerprint density at radius 3 is 2.87 bits per heavy atom. The third-order valence-corrected chi connectivity index (χ3v) is 2.80. The lowest BCUT2D eigenvalue weighted by molar-refractivity contribution is 0.404. The first-order valence-corrected chi connectivity index (χ1v) is 4.65. The van der Waals surface area contributed by atoms with Crippen molar-refractivity contribution in [3.05, 3.63) is 27.7 Å². The first kappa shape index (κ1) is 12.1. The van der Waals surface area contributed by atoms with Gasteiger partial charge in [0.1, 0.15) is 5.75 Å². The Hall–Kier alpha value is -1.00. The molecule has 0 fully saturated rings. The minimum Gasteiger partial charge on any atom is -0.496 e. The molecule has 0 aromatic carbocycles. The van der Waals surface area contributed by atoms with Crippen LogP contribution in [0.2, 0.25) is 0 Å². The van der Waals surface area contributed by atoms with E-state index in [9.17, 15) is 4.79 Å². The summed E-state index contributed by atoms with van der Waals surface area (Å²) in [6.45, 7) is 2.80. The van der Waals surface area contributed by atoms with E-state index < -0.39 is 0 Å². The molecule has 0 amide bonds. The summed E-state index contributed by atoms with van der Waals surface area (Å²) in [5, 5.41) is 3.29. The highest BCUT2D eigenvalue weighted by Crippen LogP contribution is 2.31. The summed E-state index contributed by atoms with van der Waals surface area (Å²) in [5.74, 6) is 0.695. The number of methoxy groups -OCH3 is 1. The zero-order valence-electron chi connectivity index (χ0n) is 9.03. The van der Waals surface area contributed by atoms with Crippen molar-refractivity contribution >= 4 is 12.4 Å². The predicted molar refractivity (Wildman–Crippen MR) is 60.7 cm³/mol. The molecular formula is C10H15ClN2O2. The fourth-order valence-corrected chi connectivity index (χ4v) is 1.94. The first-order valence-electron chi connectivity index (χ1n) is 4.65. The van der Waals surface area contributed by atoms with E-state index in [1.807, 2.05) is 0 Å². The highest BCUT2D eigenvalue weighted by molar-refractivity contribution is 5.85. The smallest absolute Gasteiger partial charge is 0.254 e. The van der Waals surface area contributed by atoms with Gasteiger partial charge < -0.3 is 14.6 Å². The lowest BCUT2D eigenvalue weighted by atomic mass is 10.1. The Balaban J connectivity index is 0.00000112. The van der Waals surface area contributed by atoms with E-state index in [1.165, 1.54) is 0 Å². The average molecular weight is 231 g/mol. The van der Waals surface area contributed by atoms with Gasteiger partial charge in [0.05, 0.1) is 7.11 Å². The summed E-state index contributed by atoms with van der Waals surface area (Å²) in [6, 6.07) is 1.80. The molecule has 2 heterocycles. The van der Waals surface area contributed by atoms with Gasteiger partial charge in [-0.15, -0.1) is 12.4 Å². The van der Waals surface area contributed by atoms with Gasteiger partial charge in [-0.2, -0.15) is 0 Å². The molecule has 1 aromatic rings. The third-order valence-electron chi connectivity index (χ3n) is 2.80. The van der Waals surface area contributed by atoms with Crippen LogP contribution in [-0.4, -0.2) is 11.7 Å². The zero-order chi connectivity index (χ0) is 10.3. The second-order valence-electron chi connectivity index (χ2n) is 3.57. The minimum absolute atomic E-state index is 0. The molecular weight excluding hydrogens is 216 g/mol. The van der Waals surface area contributed by atoms with E-state index in [-0.39, 0.29) is 24.0 Å². The van der Waals surface area contributed by atoms with E-state index in [2.05, 4.69) is 12.2 Å². The van der Waals surface area contributed by atoms with Crippen LogP contribution in [0.1, 0.15) is 24.2 Å². The molecule has 1 unspecified atom stereocenters. The zero-order valence-corrected chi connectivity index (χ0v) is 9.85. The van der Waals surface area contributed by atoms with E-state index in [1.54, 1.807) is 24.8 Å². The van der Waals surface area contributed by atoms with Gasteiger partial charge in [-0.05, 0) is 6.92 Å². The van der Waals surface area contributed by atoms with Crippen LogP contribution >= 0.6 is 12.4 Å². The summed E-state index contributed by atoms with van der Waals surface area (Å²) in [5.41, 5.74) is 2.12. The number of nitrogens with zero attached hydrogens (tertiary/aromatic N) is 1. The van der Waals surface area contributed by atoms with Crippen LogP contribution in [0.5, 0.6) is 5.75 Å². The Kier molecular flexibility index (Phi) is 3.42. The summed E-state index contributed by atoms with van der Waals surface area (Å²) < 4.78 is 6.88. The number of aromatic nitrogens is 1. The second-order valence-corrected chi connectivity index (χ2v) is 3.57. The molecule has 4 nitrogen and oxygen atoms in total. The maximum absolute atomic E-state index is 11.5. The number of halogens is 1. The summed E-state index contributed by atoms with van der Waals surface area (Å²) in [4.78, 5) is 11.5. The number of pyridine rings is 1. The number of nitrogens with one attached hydrogen (secondary N) is 1. The molecule has 0 aliphatic carbocycles. The highest BCUT2D eigenvalue weighted by atomic mass is 35.5. The highest BCUT2D eigenvalue weighted by Gasteiger charge is 2.24. The van der Waals surface area contributed by atoms with Gasteiger partial charge in [0.25, 0.3) is 5.56 Å². The standard InChI is InChI=1S/C10H14N2O2.ClH/c1-6-10-7(5-11-6)12(2)9(13)4-8(10)14-3;/h4,6,11H,5H2,1-3H3;1H. The average Bonchev–Trinajstić information content (AvgIpc) is 2.55. The van der Waals surface area contributed by atoms with Crippen LogP contribution < -0.4 is 15.6 Å². The maximum Gasteiger partial charge on any atom is 0.254 e. The SMILES string of the molecule is COc1cc(=O)n(C)c2c1C(C)NC2.Cl. The molecule has 0 saturated carbocycles. The molecule has 1 N–H and O–H groups in total. The van der Waals surface area contributed by atoms with Crippen LogP contribution in [0.4, 0.5) is 0 Å². The molecule has 1 atom stereocenters. The molecule has 0 spiro atoms. The topological polar surface area (TPSA) is 43.3 Å². The van der Waals surface area contributed by atoms with Crippen molar-refractivity contribution < 1.29 is 4.74 Å². The van der Waals surface area contributed by atoms with Gasteiger partial charge in [0.2, 0.25) is 0 Å². The lowest BCUT2D eigenvalue weighted by Crippen LogP contribution is -2.20. The fourth-order valence-electron chi connectivity index (χ4n) is 1.94. The van der Waals surface area contributed by atoms with Crippen molar-refractivity contribution in [2.75, 3.05) is 7.11 Å². The van der Waals surface area contributed by atoms with Crippen LogP contribution in [0.25, 0.3) is 0 Å². The Labute approximate surface area is 94.7 Å². The van der Waals surface area contributed by atoms with E-state index >= 15 is 0 Å². The first-order chi connectivity index (χ1) is 6.65. The predicted octanol–water partition coefficient (Wildman–Crippen LogP) is 0.980. The van der Waals surface area contributed by atoms with Crippen molar-refractivity contribution in [2.24, 2.45) is 7.05 Å². The van der Waals surface area contributed by atoms with Crippen molar-refractivity contribution in [3.63, 3.8) is 0 Å². The Morgan fingerprint density at radius 1 is 1.60 bits per heavy atom. The number of hydrogen-bond acceptors (Lipinski definition) is 3. The fraction of sp³-hybridized carbons (Fsp3) is 0.500. The van der Waals surface area contributed by atoms with Crippen molar-refractivity contribution in [1.29, 1.82) is 0 Å². The summed E-state index contributed by atoms with van der Waals surface area (Å²) in [7, 11) is 3.39. The summed E-state index contributed by atoms with van der Waals surface area (Å²) in [6.07, 6.45) is 0. The largest absolute Gasteiger partial charge is 0.496 e. The molecule has 0 bridgehead atoms. The van der Waals surface area contributed by atoms with Crippen LogP contribution in [-0.2, 0) is 13.6 Å². The monoisotopic (exact) mass is 230 g/mol. The molecule has 5 heteroatoms. The summed E-state index contributed by atoms with van der Waals surface area (Å²) >= 11 is 0. The molecule has 0 saturated heterocycles. The molecule has 1 aliphatic rings. The number of ether oxygens (including phenoxy) is 1. The van der Waals surface area contributed by atoms with Gasteiger partial charge in [-0.25, -0.2) is 0 Å². The van der Waals surface area contributed by atoms with Gasteiger partial charge in [0, 0.05) is 37.0 Å². The minimum atomic E-state index is -0.0171. The molecule has 1 aliphatic heterocycles. The Bertz CT molecular complexity index is 428. The lowest BCUT2D eigenvalue weighted by Gasteiger charge is -2.12. The molecule has 0 radical (unpaired) electrons. The number of rotatable bonds is 1. The van der Waals surface area contributed by atoms with E-state index in [0.717, 1.165) is 17.8 Å². The van der Waals surface area contributed by atoms with Gasteiger partial charge in [0.15, 0.2) is 0 Å². The van der Waals surface area contributed by atoms with Gasteiger partial charge in [-0.1, -0.05) is 0 Å². The normalized spacial score (nSPS) is 18.2. The molecule has 2 rings (SSSR count). The number of hydrogen-bond donors (Lipinski definition) is 1. The van der Waals surface area contributed by atoms with Crippen molar-refractivity contribution in [2.45, 2.75) is 19.5 Å². The maximum atomic E-state index is 11.5. The van der Waals surface area contributed by atoms with E-state index in [4.69, 9.17) is 4.74 Å². The Morgan fingerprint density at radius 2 is 2.27 bits per heavy atom. The quantitative estimate of drug-likeness (QED) is 0.782.